The Hall–Kier alpha value is -7.53. The van der Waals surface area contributed by atoms with Crippen LogP contribution in [0, 0.1) is 15.9 Å². The van der Waals surface area contributed by atoms with Crippen molar-refractivity contribution in [1.82, 2.24) is 18.5 Å². The Morgan fingerprint density at radius 1 is 0.455 bits per heavy atom. The quantitative estimate of drug-likeness (QED) is 0.156. The number of pyridine rings is 1. The predicted octanol–water partition coefficient (Wildman–Crippen LogP) is 18.8. The fourth-order valence-electron chi connectivity index (χ4n) is 10.8. The van der Waals surface area contributed by atoms with E-state index in [1.807, 2.05) is 30.5 Å². The molecular weight excluding hydrogens is 1120 g/mol. The first-order valence-electron chi connectivity index (χ1n) is 26.7. The Bertz CT molecular complexity index is 4410. The molecule has 388 valence electrons. The van der Waals surface area contributed by atoms with Crippen LogP contribution in [0.1, 0.15) is 105 Å². The summed E-state index contributed by atoms with van der Waals surface area (Å²) in [6.45, 7) is 27.4. The zero-order valence-electron chi connectivity index (χ0n) is 46.1. The first-order valence-corrected chi connectivity index (χ1v) is 27.8. The summed E-state index contributed by atoms with van der Waals surface area (Å²) in [5.74, 6) is 1.93. The van der Waals surface area contributed by atoms with Gasteiger partial charge in [-0.05, 0) is 17.0 Å². The molecule has 4 aromatic heterocycles. The van der Waals surface area contributed by atoms with Gasteiger partial charge in [-0.3, -0.25) is 0 Å². The maximum atomic E-state index is 7.02. The van der Waals surface area contributed by atoms with Crippen LogP contribution < -0.4 is 4.74 Å². The second kappa shape index (κ2) is 18.3. The maximum absolute atomic E-state index is 7.02. The molecule has 0 aliphatic heterocycles. The van der Waals surface area contributed by atoms with E-state index in [1.54, 1.807) is 0 Å². The first-order chi connectivity index (χ1) is 36.6. The van der Waals surface area contributed by atoms with Crippen molar-refractivity contribution in [2.24, 2.45) is 0 Å². The van der Waals surface area contributed by atoms with Crippen molar-refractivity contribution in [3.05, 3.63) is 208 Å². The van der Waals surface area contributed by atoms with Crippen LogP contribution in [0.3, 0.4) is 0 Å². The molecule has 4 heterocycles. The van der Waals surface area contributed by atoms with E-state index in [2.05, 4.69) is 268 Å². The predicted molar refractivity (Wildman–Crippen MR) is 316 cm³/mol. The summed E-state index contributed by atoms with van der Waals surface area (Å²) < 4.78 is 21.9. The Morgan fingerprint density at radius 2 is 1.03 bits per heavy atom. The van der Waals surface area contributed by atoms with Gasteiger partial charge in [0.2, 0.25) is 0 Å². The molecule has 0 saturated carbocycles. The van der Waals surface area contributed by atoms with Gasteiger partial charge in [0.25, 0.3) is 0 Å². The zero-order valence-corrected chi connectivity index (χ0v) is 48.4. The van der Waals surface area contributed by atoms with Crippen molar-refractivity contribution in [2.45, 2.75) is 105 Å². The summed E-state index contributed by atoms with van der Waals surface area (Å²) in [7, 11) is 0. The van der Waals surface area contributed by atoms with Gasteiger partial charge < -0.3 is 0 Å². The van der Waals surface area contributed by atoms with Crippen LogP contribution in [0.15, 0.2) is 174 Å². The normalized spacial score (nSPS) is 12.8. The van der Waals surface area contributed by atoms with Crippen LogP contribution in [0.25, 0.3) is 94.1 Å². The van der Waals surface area contributed by atoms with Crippen molar-refractivity contribution in [3.63, 3.8) is 0 Å². The molecule has 0 N–H and O–H groups in total. The molecule has 0 spiro atoms. The number of hydrogen-bond donors (Lipinski definition) is 0. The SMILES string of the molecule is CC(C)(C)c1cccc(-c2cccc(-c3cc(C(C)(C)C)cc(C(C)(C)C)c3)c2-n2[c](=[Pt])n3c4[c-]c(Oc5[c-]c6c(cc5)c5ccccc5n6-c5cc(C(C)(C)C)ccn5)ccc4oc4ccccc4c4cccc2c43)c1. The molecule has 0 radical (unpaired) electrons. The molecule has 0 aliphatic rings. The summed E-state index contributed by atoms with van der Waals surface area (Å²) in [6.07, 6.45) is 1.91. The molecule has 0 aliphatic carbocycles. The van der Waals surface area contributed by atoms with E-state index in [0.29, 0.717) is 17.1 Å². The van der Waals surface area contributed by atoms with Gasteiger partial charge in [-0.25, -0.2) is 0 Å². The molecule has 0 bridgehead atoms. The summed E-state index contributed by atoms with van der Waals surface area (Å²) in [5, 5.41) is 4.25. The third kappa shape index (κ3) is 8.89. The minimum atomic E-state index is -0.0828. The van der Waals surface area contributed by atoms with Crippen LogP contribution in [0.5, 0.6) is 11.5 Å². The number of benzene rings is 8. The molecular formula is C70H64N4O2Pt-2. The Balaban J connectivity index is 1.14. The van der Waals surface area contributed by atoms with Gasteiger partial charge in [0.1, 0.15) is 0 Å². The van der Waals surface area contributed by atoms with Crippen molar-refractivity contribution < 1.29 is 28.5 Å². The van der Waals surface area contributed by atoms with Crippen molar-refractivity contribution in [3.8, 4) is 45.3 Å². The van der Waals surface area contributed by atoms with Gasteiger partial charge >= 0.3 is 409 Å². The molecule has 77 heavy (non-hydrogen) atoms. The number of nitrogens with zero attached hydrogens (tertiary/aromatic N) is 4. The standard InChI is InChI=1S/C70H64N4O2.Pt/c1-67(2,3)46-21-17-20-44(36-46)52-24-18-25-53(45-37-48(69(7,8)9)39-49(38-45)70(10,11)12)65(52)72-43-73-61-42-51(31-33-63(61)76-62-29-16-14-23-56(62)57-26-19-28-59(72)66(57)73)75-50-30-32-55-54-22-13-15-27-58(54)74(60(55)41-50)64-40-47(34-35-71-64)68(4,5)6;/h13-40H,1-12H3;/q-2;. The molecule has 0 unspecified atom stereocenters. The molecule has 8 aromatic carbocycles. The van der Waals surface area contributed by atoms with Gasteiger partial charge in [0.05, 0.1) is 0 Å². The van der Waals surface area contributed by atoms with Gasteiger partial charge in [-0.15, -0.1) is 0 Å². The van der Waals surface area contributed by atoms with E-state index in [1.165, 1.54) is 27.8 Å². The molecule has 0 amide bonds. The number of fused-ring (bicyclic) bond motifs is 7. The van der Waals surface area contributed by atoms with Gasteiger partial charge in [-0.2, -0.15) is 0 Å². The third-order valence-corrected chi connectivity index (χ3v) is 16.2. The molecule has 0 saturated heterocycles. The second-order valence-corrected chi connectivity index (χ2v) is 25.8. The van der Waals surface area contributed by atoms with E-state index >= 15 is 0 Å². The van der Waals surface area contributed by atoms with E-state index in [4.69, 9.17) is 14.1 Å². The van der Waals surface area contributed by atoms with Crippen molar-refractivity contribution >= 4 is 60.3 Å². The monoisotopic (exact) mass is 1190 g/mol. The summed E-state index contributed by atoms with van der Waals surface area (Å²) in [6, 6.07) is 66.5. The number of rotatable bonds is 6. The summed E-state index contributed by atoms with van der Waals surface area (Å²) >= 11 is 2.54. The fourth-order valence-corrected chi connectivity index (χ4v) is 11.9. The van der Waals surface area contributed by atoms with Crippen LogP contribution >= 0.6 is 0 Å². The van der Waals surface area contributed by atoms with Crippen molar-refractivity contribution in [1.29, 1.82) is 0 Å². The van der Waals surface area contributed by atoms with Crippen LogP contribution in [0.2, 0.25) is 0 Å². The topological polar surface area (TPSA) is 49.5 Å². The third-order valence-electron chi connectivity index (χ3n) is 15.2. The number of aromatic nitrogens is 4. The molecule has 6 nitrogen and oxygen atoms in total. The van der Waals surface area contributed by atoms with E-state index in [-0.39, 0.29) is 21.7 Å². The zero-order chi connectivity index (χ0) is 53.9. The number of hydrogen-bond acceptors (Lipinski definition) is 3. The van der Waals surface area contributed by atoms with E-state index in [0.717, 1.165) is 86.7 Å². The molecule has 12 aromatic rings. The minimum absolute atomic E-state index is 0.0534. The van der Waals surface area contributed by atoms with Gasteiger partial charge in [0.15, 0.2) is 0 Å². The number of imidazole rings is 1. The van der Waals surface area contributed by atoms with Crippen LogP contribution in [-0.4, -0.2) is 18.5 Å². The van der Waals surface area contributed by atoms with Crippen molar-refractivity contribution in [2.75, 3.05) is 0 Å². The van der Waals surface area contributed by atoms with E-state index < -0.39 is 0 Å². The number of ether oxygens (including phenoxy) is 1. The van der Waals surface area contributed by atoms with Crippen LogP contribution in [0.4, 0.5) is 0 Å². The average Bonchev–Trinajstić information content (AvgIpc) is 4.07. The second-order valence-electron chi connectivity index (χ2n) is 24.7. The molecule has 0 fully saturated rings. The molecule has 0 atom stereocenters. The summed E-state index contributed by atoms with van der Waals surface area (Å²) in [5.41, 5.74) is 16.7. The Labute approximate surface area is 462 Å². The first kappa shape index (κ1) is 50.3. The van der Waals surface area contributed by atoms with Gasteiger partial charge in [0, 0.05) is 6.20 Å². The Kier molecular flexibility index (Phi) is 12.0. The van der Waals surface area contributed by atoms with E-state index in [9.17, 15) is 0 Å². The Morgan fingerprint density at radius 3 is 1.74 bits per heavy atom. The average molecular weight is 1190 g/mol. The number of para-hydroxylation sites is 4. The van der Waals surface area contributed by atoms with Crippen LogP contribution in [-0.2, 0) is 41.0 Å². The molecule has 7 heteroatoms. The fraction of sp³-hybridized carbons (Fsp3) is 0.229. The van der Waals surface area contributed by atoms with Gasteiger partial charge in [-0.1, -0.05) is 32.9 Å². The molecule has 12 rings (SSSR count). The summed E-state index contributed by atoms with van der Waals surface area (Å²) in [4.78, 5) is 4.92.